The minimum Gasteiger partial charge on any atom is -0.298 e. The Balaban J connectivity index is 2.94. The molecule has 0 radical (unpaired) electrons. The molecule has 0 saturated carbocycles. The van der Waals surface area contributed by atoms with Gasteiger partial charge in [-0.15, -0.1) is 11.8 Å². The summed E-state index contributed by atoms with van der Waals surface area (Å²) in [5.41, 5.74) is 0.625. The van der Waals surface area contributed by atoms with Gasteiger partial charge in [-0.25, -0.2) is 0 Å². The van der Waals surface area contributed by atoms with Crippen molar-refractivity contribution in [1.82, 2.24) is 0 Å². The summed E-state index contributed by atoms with van der Waals surface area (Å²) in [6, 6.07) is 5.34. The Hall–Kier alpha value is -0.470. The molecule has 12 heavy (non-hydrogen) atoms. The molecule has 3 heteroatoms. The van der Waals surface area contributed by atoms with Crippen LogP contribution in [-0.2, 0) is 0 Å². The van der Waals surface area contributed by atoms with Crippen LogP contribution in [-0.4, -0.2) is 12.0 Å². The summed E-state index contributed by atoms with van der Waals surface area (Å²) in [5.74, 6) is 0.986. The summed E-state index contributed by atoms with van der Waals surface area (Å²) in [7, 11) is 0. The fourth-order valence-corrected chi connectivity index (χ4v) is 1.89. The second-order valence-electron chi connectivity index (χ2n) is 2.24. The van der Waals surface area contributed by atoms with Gasteiger partial charge in [-0.2, -0.15) is 0 Å². The summed E-state index contributed by atoms with van der Waals surface area (Å²) in [5, 5.41) is 0.659. The highest BCUT2D eigenvalue weighted by Gasteiger charge is 2.00. The number of hydrogen-bond acceptors (Lipinski definition) is 2. The van der Waals surface area contributed by atoms with E-state index in [-0.39, 0.29) is 0 Å². The highest BCUT2D eigenvalue weighted by molar-refractivity contribution is 7.99. The van der Waals surface area contributed by atoms with Crippen molar-refractivity contribution in [3.63, 3.8) is 0 Å². The maximum absolute atomic E-state index is 10.4. The Morgan fingerprint density at radius 2 is 2.33 bits per heavy atom. The molecule has 0 bridgehead atoms. The molecule has 64 valence electrons. The molecule has 0 spiro atoms. The van der Waals surface area contributed by atoms with Crippen LogP contribution in [0.25, 0.3) is 0 Å². The third kappa shape index (κ3) is 2.26. The zero-order chi connectivity index (χ0) is 8.97. The van der Waals surface area contributed by atoms with Crippen molar-refractivity contribution >= 4 is 29.6 Å². The quantitative estimate of drug-likeness (QED) is 0.550. The van der Waals surface area contributed by atoms with E-state index in [1.165, 1.54) is 0 Å². The minimum atomic E-state index is 0.625. The molecule has 0 amide bonds. The van der Waals surface area contributed by atoms with E-state index in [2.05, 4.69) is 6.92 Å². The first-order valence-corrected chi connectivity index (χ1v) is 5.01. The van der Waals surface area contributed by atoms with E-state index in [0.717, 1.165) is 16.9 Å². The zero-order valence-corrected chi connectivity index (χ0v) is 8.28. The molecule has 0 aliphatic heterocycles. The van der Waals surface area contributed by atoms with Crippen LogP contribution in [0.15, 0.2) is 23.1 Å². The average Bonchev–Trinajstić information content (AvgIpc) is 2.09. The number of rotatable bonds is 3. The van der Waals surface area contributed by atoms with Gasteiger partial charge in [0.2, 0.25) is 0 Å². The summed E-state index contributed by atoms with van der Waals surface area (Å²) in [6.45, 7) is 2.06. The molecule has 0 saturated heterocycles. The van der Waals surface area contributed by atoms with Gasteiger partial charge in [0, 0.05) is 10.5 Å². The SMILES string of the molecule is CCSc1ccc(C=O)cc1Cl. The fraction of sp³-hybridized carbons (Fsp3) is 0.222. The Labute approximate surface area is 81.1 Å². The number of carbonyl (C=O) groups is 1. The first-order valence-electron chi connectivity index (χ1n) is 3.65. The van der Waals surface area contributed by atoms with Crippen LogP contribution in [0.1, 0.15) is 17.3 Å². The van der Waals surface area contributed by atoms with Gasteiger partial charge in [0.1, 0.15) is 6.29 Å². The molecule has 1 rings (SSSR count). The second-order valence-corrected chi connectivity index (χ2v) is 3.95. The average molecular weight is 201 g/mol. The zero-order valence-electron chi connectivity index (χ0n) is 6.71. The molecule has 0 aliphatic rings. The van der Waals surface area contributed by atoms with Gasteiger partial charge in [-0.1, -0.05) is 24.6 Å². The molecular weight excluding hydrogens is 192 g/mol. The molecule has 0 N–H and O–H groups in total. The van der Waals surface area contributed by atoms with Crippen molar-refractivity contribution in [2.45, 2.75) is 11.8 Å². The maximum Gasteiger partial charge on any atom is 0.150 e. The summed E-state index contributed by atoms with van der Waals surface area (Å²) in [6.07, 6.45) is 0.798. The summed E-state index contributed by atoms with van der Waals surface area (Å²) in [4.78, 5) is 11.4. The molecular formula is C9H9ClOS. The molecule has 1 aromatic carbocycles. The van der Waals surface area contributed by atoms with Crippen molar-refractivity contribution in [3.05, 3.63) is 28.8 Å². The Morgan fingerprint density at radius 3 is 2.83 bits per heavy atom. The normalized spacial score (nSPS) is 9.83. The van der Waals surface area contributed by atoms with Crippen LogP contribution in [0.5, 0.6) is 0 Å². The van der Waals surface area contributed by atoms with Crippen LogP contribution in [0.3, 0.4) is 0 Å². The number of carbonyl (C=O) groups excluding carboxylic acids is 1. The minimum absolute atomic E-state index is 0.625. The molecule has 0 aliphatic carbocycles. The molecule has 0 atom stereocenters. The fourth-order valence-electron chi connectivity index (χ4n) is 0.863. The van der Waals surface area contributed by atoms with E-state index in [9.17, 15) is 4.79 Å². The lowest BCUT2D eigenvalue weighted by molar-refractivity contribution is 0.112. The summed E-state index contributed by atoms with van der Waals surface area (Å²) >= 11 is 7.58. The van der Waals surface area contributed by atoms with Gasteiger partial charge in [-0.3, -0.25) is 4.79 Å². The van der Waals surface area contributed by atoms with Gasteiger partial charge in [0.25, 0.3) is 0 Å². The van der Waals surface area contributed by atoms with Gasteiger partial charge < -0.3 is 0 Å². The van der Waals surface area contributed by atoms with Crippen LogP contribution < -0.4 is 0 Å². The standard InChI is InChI=1S/C9H9ClOS/c1-2-12-9-4-3-7(6-11)5-8(9)10/h3-6H,2H2,1H3. The van der Waals surface area contributed by atoms with Crippen molar-refractivity contribution in [2.24, 2.45) is 0 Å². The number of thioether (sulfide) groups is 1. The van der Waals surface area contributed by atoms with Gasteiger partial charge >= 0.3 is 0 Å². The molecule has 1 nitrogen and oxygen atoms in total. The lowest BCUT2D eigenvalue weighted by Crippen LogP contribution is -1.81. The predicted molar refractivity (Wildman–Crippen MR) is 53.2 cm³/mol. The number of hydrogen-bond donors (Lipinski definition) is 0. The predicted octanol–water partition coefficient (Wildman–Crippen LogP) is 3.26. The van der Waals surface area contributed by atoms with Gasteiger partial charge in [-0.05, 0) is 17.9 Å². The van der Waals surface area contributed by atoms with E-state index in [1.54, 1.807) is 23.9 Å². The van der Waals surface area contributed by atoms with Gasteiger partial charge in [0.15, 0.2) is 0 Å². The third-order valence-corrected chi connectivity index (χ3v) is 2.77. The van der Waals surface area contributed by atoms with Crippen molar-refractivity contribution in [3.8, 4) is 0 Å². The van der Waals surface area contributed by atoms with Crippen LogP contribution in [0.2, 0.25) is 5.02 Å². The van der Waals surface area contributed by atoms with E-state index < -0.39 is 0 Å². The highest BCUT2D eigenvalue weighted by Crippen LogP contribution is 2.27. The number of halogens is 1. The van der Waals surface area contributed by atoms with Crippen LogP contribution >= 0.6 is 23.4 Å². The molecule has 0 heterocycles. The van der Waals surface area contributed by atoms with Crippen LogP contribution in [0.4, 0.5) is 0 Å². The molecule has 0 unspecified atom stereocenters. The third-order valence-electron chi connectivity index (χ3n) is 1.39. The Kier molecular flexibility index (Phi) is 3.63. The van der Waals surface area contributed by atoms with E-state index in [1.807, 2.05) is 6.07 Å². The second kappa shape index (κ2) is 4.53. The first-order chi connectivity index (χ1) is 5.77. The smallest absolute Gasteiger partial charge is 0.150 e. The van der Waals surface area contributed by atoms with E-state index in [0.29, 0.717) is 10.6 Å². The van der Waals surface area contributed by atoms with Crippen molar-refractivity contribution in [2.75, 3.05) is 5.75 Å². The summed E-state index contributed by atoms with van der Waals surface area (Å²) < 4.78 is 0. The highest BCUT2D eigenvalue weighted by atomic mass is 35.5. The maximum atomic E-state index is 10.4. The Bertz CT molecular complexity index is 286. The van der Waals surface area contributed by atoms with E-state index in [4.69, 9.17) is 11.6 Å². The van der Waals surface area contributed by atoms with Crippen molar-refractivity contribution < 1.29 is 4.79 Å². The lowest BCUT2D eigenvalue weighted by Gasteiger charge is -2.01. The first kappa shape index (κ1) is 9.62. The molecule has 1 aromatic rings. The van der Waals surface area contributed by atoms with Gasteiger partial charge in [0.05, 0.1) is 5.02 Å². The Morgan fingerprint density at radius 1 is 1.58 bits per heavy atom. The number of benzene rings is 1. The largest absolute Gasteiger partial charge is 0.298 e. The molecule has 0 aromatic heterocycles. The van der Waals surface area contributed by atoms with E-state index >= 15 is 0 Å². The lowest BCUT2D eigenvalue weighted by atomic mass is 10.2. The molecule has 0 fully saturated rings. The van der Waals surface area contributed by atoms with Crippen molar-refractivity contribution in [1.29, 1.82) is 0 Å². The number of aldehydes is 1. The van der Waals surface area contributed by atoms with Crippen LogP contribution in [0, 0.1) is 0 Å². The monoisotopic (exact) mass is 200 g/mol. The topological polar surface area (TPSA) is 17.1 Å².